The summed E-state index contributed by atoms with van der Waals surface area (Å²) in [6.07, 6.45) is 6.24. The van der Waals surface area contributed by atoms with Gasteiger partial charge in [0.15, 0.2) is 5.76 Å². The number of hydrogen-bond acceptors (Lipinski definition) is 3. The standard InChI is InChI=1S/C21H25NO3/c23-21(20-7-4-12-24-20)22-11-10-19(25-15-17-8-9-17)18(14-22)13-16-5-2-1-3-6-16/h1-7,12,17-19H,8-11,13-15H2/t18-,19-/m0/s1. The van der Waals surface area contributed by atoms with E-state index in [1.54, 1.807) is 18.4 Å². The molecule has 0 spiro atoms. The van der Waals surface area contributed by atoms with Crippen LogP contribution in [0.25, 0.3) is 0 Å². The highest BCUT2D eigenvalue weighted by Gasteiger charge is 2.34. The fourth-order valence-electron chi connectivity index (χ4n) is 3.63. The van der Waals surface area contributed by atoms with Gasteiger partial charge < -0.3 is 14.1 Å². The predicted octanol–water partition coefficient (Wildman–Crippen LogP) is 3.78. The highest BCUT2D eigenvalue weighted by molar-refractivity contribution is 5.91. The van der Waals surface area contributed by atoms with Crippen molar-refractivity contribution in [1.82, 2.24) is 4.90 Å². The number of furan rings is 1. The van der Waals surface area contributed by atoms with E-state index >= 15 is 0 Å². The maximum atomic E-state index is 12.6. The third-order valence-corrected chi connectivity index (χ3v) is 5.27. The minimum atomic E-state index is -0.0105. The second-order valence-electron chi connectivity index (χ2n) is 7.28. The fourth-order valence-corrected chi connectivity index (χ4v) is 3.63. The van der Waals surface area contributed by atoms with E-state index in [1.807, 2.05) is 11.0 Å². The van der Waals surface area contributed by atoms with Crippen LogP contribution in [0.4, 0.5) is 0 Å². The molecule has 1 amide bonds. The molecule has 2 heterocycles. The summed E-state index contributed by atoms with van der Waals surface area (Å²) in [5.41, 5.74) is 1.31. The Labute approximate surface area is 148 Å². The zero-order valence-corrected chi connectivity index (χ0v) is 14.5. The summed E-state index contributed by atoms with van der Waals surface area (Å²) >= 11 is 0. The van der Waals surface area contributed by atoms with Crippen LogP contribution < -0.4 is 0 Å². The van der Waals surface area contributed by atoms with E-state index in [9.17, 15) is 4.79 Å². The number of piperidine rings is 1. The molecule has 2 aromatic rings. The third-order valence-electron chi connectivity index (χ3n) is 5.27. The van der Waals surface area contributed by atoms with Gasteiger partial charge in [0.25, 0.3) is 5.91 Å². The molecule has 2 aliphatic rings. The number of carbonyl (C=O) groups excluding carboxylic acids is 1. The van der Waals surface area contributed by atoms with Crippen molar-refractivity contribution in [3.63, 3.8) is 0 Å². The van der Waals surface area contributed by atoms with Crippen LogP contribution in [0.1, 0.15) is 35.4 Å². The van der Waals surface area contributed by atoms with Gasteiger partial charge in [-0.15, -0.1) is 0 Å². The molecule has 0 N–H and O–H groups in total. The van der Waals surface area contributed by atoms with E-state index in [1.165, 1.54) is 18.4 Å². The predicted molar refractivity (Wildman–Crippen MR) is 95.3 cm³/mol. The lowest BCUT2D eigenvalue weighted by atomic mass is 9.88. The fraction of sp³-hybridized carbons (Fsp3) is 0.476. The van der Waals surface area contributed by atoms with Crippen molar-refractivity contribution in [2.45, 2.75) is 31.8 Å². The minimum Gasteiger partial charge on any atom is -0.459 e. The van der Waals surface area contributed by atoms with E-state index in [0.717, 1.165) is 38.5 Å². The van der Waals surface area contributed by atoms with Crippen molar-refractivity contribution in [3.05, 3.63) is 60.1 Å². The van der Waals surface area contributed by atoms with Crippen molar-refractivity contribution in [3.8, 4) is 0 Å². The molecule has 4 nitrogen and oxygen atoms in total. The molecule has 1 aromatic heterocycles. The van der Waals surface area contributed by atoms with E-state index in [2.05, 4.69) is 24.3 Å². The molecule has 0 bridgehead atoms. The first-order valence-corrected chi connectivity index (χ1v) is 9.28. The first-order chi connectivity index (χ1) is 12.3. The molecular formula is C21H25NO3. The first kappa shape index (κ1) is 16.4. The Bertz CT molecular complexity index is 678. The minimum absolute atomic E-state index is 0.0105. The lowest BCUT2D eigenvalue weighted by Crippen LogP contribution is -2.47. The molecule has 25 heavy (non-hydrogen) atoms. The Morgan fingerprint density at radius 1 is 1.12 bits per heavy atom. The van der Waals surface area contributed by atoms with Crippen molar-refractivity contribution < 1.29 is 13.9 Å². The maximum Gasteiger partial charge on any atom is 0.289 e. The topological polar surface area (TPSA) is 42.7 Å². The summed E-state index contributed by atoms with van der Waals surface area (Å²) in [6, 6.07) is 14.0. The van der Waals surface area contributed by atoms with E-state index in [0.29, 0.717) is 11.7 Å². The van der Waals surface area contributed by atoms with Crippen LogP contribution in [0.3, 0.4) is 0 Å². The molecule has 2 atom stereocenters. The molecular weight excluding hydrogens is 314 g/mol. The van der Waals surface area contributed by atoms with Crippen molar-refractivity contribution >= 4 is 5.91 Å². The third kappa shape index (κ3) is 4.13. The van der Waals surface area contributed by atoms with Crippen LogP contribution in [0, 0.1) is 11.8 Å². The first-order valence-electron chi connectivity index (χ1n) is 9.28. The van der Waals surface area contributed by atoms with Crippen molar-refractivity contribution in [2.75, 3.05) is 19.7 Å². The van der Waals surface area contributed by atoms with Crippen LogP contribution in [-0.4, -0.2) is 36.6 Å². The average molecular weight is 339 g/mol. The molecule has 4 rings (SSSR count). The van der Waals surface area contributed by atoms with Gasteiger partial charge in [-0.2, -0.15) is 0 Å². The number of likely N-dealkylation sites (tertiary alicyclic amines) is 1. The molecule has 0 unspecified atom stereocenters. The van der Waals surface area contributed by atoms with E-state index in [-0.39, 0.29) is 12.0 Å². The molecule has 0 radical (unpaired) electrons. The van der Waals surface area contributed by atoms with Crippen LogP contribution in [0.15, 0.2) is 53.1 Å². The van der Waals surface area contributed by atoms with Gasteiger partial charge >= 0.3 is 0 Å². The number of amides is 1. The maximum absolute atomic E-state index is 12.6. The number of carbonyl (C=O) groups is 1. The Balaban J connectivity index is 1.45. The Morgan fingerprint density at radius 2 is 1.96 bits per heavy atom. The summed E-state index contributed by atoms with van der Waals surface area (Å²) in [6.45, 7) is 2.34. The number of ether oxygens (including phenoxy) is 1. The number of hydrogen-bond donors (Lipinski definition) is 0. The molecule has 1 saturated carbocycles. The SMILES string of the molecule is O=C(c1ccco1)N1CC[C@H](OCC2CC2)[C@@H](Cc2ccccc2)C1. The van der Waals surface area contributed by atoms with Gasteiger partial charge in [-0.25, -0.2) is 0 Å². The van der Waals surface area contributed by atoms with Gasteiger partial charge in [-0.1, -0.05) is 30.3 Å². The summed E-state index contributed by atoms with van der Waals surface area (Å²) < 4.78 is 11.5. The summed E-state index contributed by atoms with van der Waals surface area (Å²) in [5, 5.41) is 0. The second kappa shape index (κ2) is 7.44. The zero-order chi connectivity index (χ0) is 17.1. The van der Waals surface area contributed by atoms with Gasteiger partial charge in [0, 0.05) is 25.6 Å². The van der Waals surface area contributed by atoms with Gasteiger partial charge in [0.2, 0.25) is 0 Å². The monoisotopic (exact) mass is 339 g/mol. The quantitative estimate of drug-likeness (QED) is 0.804. The van der Waals surface area contributed by atoms with Crippen molar-refractivity contribution in [1.29, 1.82) is 0 Å². The Kier molecular flexibility index (Phi) is 4.88. The summed E-state index contributed by atoms with van der Waals surface area (Å²) in [7, 11) is 0. The molecule has 1 aliphatic carbocycles. The smallest absolute Gasteiger partial charge is 0.289 e. The van der Waals surface area contributed by atoms with Crippen molar-refractivity contribution in [2.24, 2.45) is 11.8 Å². The Morgan fingerprint density at radius 3 is 2.68 bits per heavy atom. The van der Waals surface area contributed by atoms with Gasteiger partial charge in [0.05, 0.1) is 12.4 Å². The van der Waals surface area contributed by atoms with Crippen LogP contribution in [0.2, 0.25) is 0 Å². The van der Waals surface area contributed by atoms with Crippen LogP contribution >= 0.6 is 0 Å². The largest absolute Gasteiger partial charge is 0.459 e. The molecule has 1 saturated heterocycles. The van der Waals surface area contributed by atoms with E-state index in [4.69, 9.17) is 9.15 Å². The number of nitrogens with zero attached hydrogens (tertiary/aromatic N) is 1. The normalized spacial score (nSPS) is 23.6. The highest BCUT2D eigenvalue weighted by Crippen LogP contribution is 2.32. The summed E-state index contributed by atoms with van der Waals surface area (Å²) in [5.74, 6) is 1.51. The van der Waals surface area contributed by atoms with Gasteiger partial charge in [-0.3, -0.25) is 4.79 Å². The molecule has 132 valence electrons. The van der Waals surface area contributed by atoms with Crippen LogP contribution in [-0.2, 0) is 11.2 Å². The van der Waals surface area contributed by atoms with E-state index < -0.39 is 0 Å². The second-order valence-corrected chi connectivity index (χ2v) is 7.28. The van der Waals surface area contributed by atoms with Gasteiger partial charge in [0.1, 0.15) is 0 Å². The Hall–Kier alpha value is -2.07. The summed E-state index contributed by atoms with van der Waals surface area (Å²) in [4.78, 5) is 14.6. The molecule has 2 fully saturated rings. The van der Waals surface area contributed by atoms with Crippen LogP contribution in [0.5, 0.6) is 0 Å². The molecule has 1 aromatic carbocycles. The number of rotatable bonds is 6. The number of benzene rings is 1. The lowest BCUT2D eigenvalue weighted by molar-refractivity contribution is -0.0330. The molecule has 1 aliphatic heterocycles. The highest BCUT2D eigenvalue weighted by atomic mass is 16.5. The lowest BCUT2D eigenvalue weighted by Gasteiger charge is -2.38. The average Bonchev–Trinajstić information content (AvgIpc) is 3.31. The van der Waals surface area contributed by atoms with Gasteiger partial charge in [-0.05, 0) is 49.3 Å². The molecule has 4 heteroatoms. The zero-order valence-electron chi connectivity index (χ0n) is 14.5.